The van der Waals surface area contributed by atoms with Crippen LogP contribution in [0.3, 0.4) is 0 Å². The highest BCUT2D eigenvalue weighted by molar-refractivity contribution is 6.30. The van der Waals surface area contributed by atoms with Crippen LogP contribution in [-0.2, 0) is 0 Å². The number of aliphatic hydroxyl groups excluding tert-OH is 1. The van der Waals surface area contributed by atoms with Crippen LogP contribution >= 0.6 is 11.6 Å². The van der Waals surface area contributed by atoms with E-state index in [2.05, 4.69) is 17.0 Å². The van der Waals surface area contributed by atoms with Gasteiger partial charge in [-0.2, -0.15) is 0 Å². The molecule has 1 aliphatic heterocycles. The quantitative estimate of drug-likeness (QED) is 0.702. The van der Waals surface area contributed by atoms with E-state index in [-0.39, 0.29) is 12.1 Å². The van der Waals surface area contributed by atoms with Crippen molar-refractivity contribution in [3.8, 4) is 5.75 Å². The van der Waals surface area contributed by atoms with Crippen molar-refractivity contribution in [1.29, 1.82) is 0 Å². The Morgan fingerprint density at radius 3 is 2.35 bits per heavy atom. The fourth-order valence-corrected chi connectivity index (χ4v) is 4.05. The minimum atomic E-state index is -0.238. The molecule has 2 N–H and O–H groups in total. The van der Waals surface area contributed by atoms with Crippen molar-refractivity contribution in [1.82, 2.24) is 4.90 Å². The average Bonchev–Trinajstić information content (AvgIpc) is 2.66. The Bertz CT molecular complexity index is 902. The van der Waals surface area contributed by atoms with Crippen molar-refractivity contribution < 1.29 is 10.2 Å². The molecule has 26 heavy (non-hydrogen) atoms. The predicted octanol–water partition coefficient (Wildman–Crippen LogP) is 4.74. The minimum Gasteiger partial charge on any atom is -0.508 e. The highest BCUT2D eigenvalue weighted by Crippen LogP contribution is 2.40. The summed E-state index contributed by atoms with van der Waals surface area (Å²) in [5, 5.41) is 23.6. The summed E-state index contributed by atoms with van der Waals surface area (Å²) in [5.74, 6) is 0.301. The number of phenols is 1. The van der Waals surface area contributed by atoms with Gasteiger partial charge in [0.1, 0.15) is 5.75 Å². The molecular weight excluding hydrogens is 346 g/mol. The van der Waals surface area contributed by atoms with E-state index in [4.69, 9.17) is 11.6 Å². The maximum Gasteiger partial charge on any atom is 0.121 e. The number of phenolic OH excluding ortho intramolecular Hbond substituents is 1. The fourth-order valence-electron chi connectivity index (χ4n) is 3.92. The van der Waals surface area contributed by atoms with E-state index in [0.717, 1.165) is 47.8 Å². The van der Waals surface area contributed by atoms with Crippen LogP contribution in [0.25, 0.3) is 10.8 Å². The second-order valence-electron chi connectivity index (χ2n) is 6.94. The van der Waals surface area contributed by atoms with E-state index in [0.29, 0.717) is 10.8 Å². The Morgan fingerprint density at radius 1 is 0.923 bits per heavy atom. The molecule has 0 spiro atoms. The first kappa shape index (κ1) is 17.3. The van der Waals surface area contributed by atoms with Gasteiger partial charge >= 0.3 is 0 Å². The number of benzene rings is 3. The lowest BCUT2D eigenvalue weighted by Crippen LogP contribution is -2.39. The summed E-state index contributed by atoms with van der Waals surface area (Å²) in [7, 11) is 0. The molecule has 0 aromatic heterocycles. The molecule has 1 atom stereocenters. The van der Waals surface area contributed by atoms with Gasteiger partial charge in [-0.15, -0.1) is 0 Å². The molecule has 0 amide bonds. The number of piperidine rings is 1. The highest BCUT2D eigenvalue weighted by atomic mass is 35.5. The number of likely N-dealkylation sites (tertiary alicyclic amines) is 1. The molecule has 1 unspecified atom stereocenters. The number of aromatic hydroxyl groups is 1. The SMILES string of the molecule is Oc1ccc2ccccc2c1C(c1ccc(Cl)cc1)N1CCC(O)CC1. The second kappa shape index (κ2) is 7.28. The molecule has 1 saturated heterocycles. The summed E-state index contributed by atoms with van der Waals surface area (Å²) in [6.07, 6.45) is 1.25. The van der Waals surface area contributed by atoms with E-state index in [9.17, 15) is 10.2 Å². The molecule has 134 valence electrons. The van der Waals surface area contributed by atoms with Gasteiger partial charge in [0.2, 0.25) is 0 Å². The maximum atomic E-state index is 10.8. The van der Waals surface area contributed by atoms with E-state index >= 15 is 0 Å². The van der Waals surface area contributed by atoms with Gasteiger partial charge in [0.25, 0.3) is 0 Å². The molecular formula is C22H22ClNO2. The zero-order valence-electron chi connectivity index (χ0n) is 14.5. The van der Waals surface area contributed by atoms with Gasteiger partial charge < -0.3 is 10.2 Å². The third-order valence-corrected chi connectivity index (χ3v) is 5.52. The van der Waals surface area contributed by atoms with Crippen LogP contribution in [0.2, 0.25) is 5.02 Å². The summed E-state index contributed by atoms with van der Waals surface area (Å²) in [6, 6.07) is 19.6. The maximum absolute atomic E-state index is 10.8. The van der Waals surface area contributed by atoms with Gasteiger partial charge in [-0.25, -0.2) is 0 Å². The molecule has 0 aliphatic carbocycles. The average molecular weight is 368 g/mol. The lowest BCUT2D eigenvalue weighted by molar-refractivity contribution is 0.0686. The van der Waals surface area contributed by atoms with E-state index in [1.54, 1.807) is 6.07 Å². The fraction of sp³-hybridized carbons (Fsp3) is 0.273. The van der Waals surface area contributed by atoms with Crippen molar-refractivity contribution in [3.63, 3.8) is 0 Å². The smallest absolute Gasteiger partial charge is 0.121 e. The van der Waals surface area contributed by atoms with Gasteiger partial charge in [0.05, 0.1) is 12.1 Å². The molecule has 3 nitrogen and oxygen atoms in total. The first-order valence-corrected chi connectivity index (χ1v) is 9.39. The van der Waals surface area contributed by atoms with Crippen molar-refractivity contribution in [2.45, 2.75) is 25.0 Å². The van der Waals surface area contributed by atoms with Crippen molar-refractivity contribution in [3.05, 3.63) is 76.8 Å². The Morgan fingerprint density at radius 2 is 1.62 bits per heavy atom. The second-order valence-corrected chi connectivity index (χ2v) is 7.38. The standard InChI is InChI=1S/C22H22ClNO2/c23-17-8-5-16(6-9-17)22(24-13-11-18(25)12-14-24)21-19-4-2-1-3-15(19)7-10-20(21)26/h1-10,18,22,25-26H,11-14H2. The van der Waals surface area contributed by atoms with Gasteiger partial charge in [-0.1, -0.05) is 54.1 Å². The number of nitrogens with zero attached hydrogens (tertiary/aromatic N) is 1. The minimum absolute atomic E-state index is 0.0779. The number of aliphatic hydroxyl groups is 1. The first-order chi connectivity index (χ1) is 12.6. The number of halogens is 1. The van der Waals surface area contributed by atoms with Crippen LogP contribution in [0.1, 0.15) is 30.0 Å². The zero-order valence-corrected chi connectivity index (χ0v) is 15.2. The third-order valence-electron chi connectivity index (χ3n) is 5.27. The van der Waals surface area contributed by atoms with Gasteiger partial charge in [-0.05, 0) is 47.4 Å². The number of rotatable bonds is 3. The summed E-state index contributed by atoms with van der Waals surface area (Å²) < 4.78 is 0. The number of fused-ring (bicyclic) bond motifs is 1. The molecule has 1 aliphatic rings. The van der Waals surface area contributed by atoms with Crippen LogP contribution in [-0.4, -0.2) is 34.3 Å². The van der Waals surface area contributed by atoms with Gasteiger partial charge in [-0.3, -0.25) is 4.90 Å². The van der Waals surface area contributed by atoms with E-state index < -0.39 is 0 Å². The van der Waals surface area contributed by atoms with Crippen LogP contribution in [0.15, 0.2) is 60.7 Å². The molecule has 1 heterocycles. The highest BCUT2D eigenvalue weighted by Gasteiger charge is 2.29. The summed E-state index contributed by atoms with van der Waals surface area (Å²) >= 11 is 6.10. The van der Waals surface area contributed by atoms with E-state index in [1.165, 1.54) is 0 Å². The van der Waals surface area contributed by atoms with Crippen LogP contribution in [0.4, 0.5) is 0 Å². The Labute approximate surface area is 158 Å². The van der Waals surface area contributed by atoms with Gasteiger partial charge in [0.15, 0.2) is 0 Å². The van der Waals surface area contributed by atoms with Crippen molar-refractivity contribution in [2.75, 3.05) is 13.1 Å². The Balaban J connectivity index is 1.88. The summed E-state index contributed by atoms with van der Waals surface area (Å²) in [6.45, 7) is 1.58. The molecule has 4 rings (SSSR count). The molecule has 3 aromatic carbocycles. The molecule has 1 fully saturated rings. The van der Waals surface area contributed by atoms with Crippen molar-refractivity contribution in [2.24, 2.45) is 0 Å². The number of hydrogen-bond acceptors (Lipinski definition) is 3. The lowest BCUT2D eigenvalue weighted by atomic mass is 9.90. The van der Waals surface area contributed by atoms with E-state index in [1.807, 2.05) is 42.5 Å². The molecule has 0 bridgehead atoms. The lowest BCUT2D eigenvalue weighted by Gasteiger charge is -2.37. The van der Waals surface area contributed by atoms with Crippen molar-refractivity contribution >= 4 is 22.4 Å². The molecule has 4 heteroatoms. The van der Waals surface area contributed by atoms with Crippen LogP contribution in [0.5, 0.6) is 5.75 Å². The normalized spacial score (nSPS) is 17.5. The Kier molecular flexibility index (Phi) is 4.86. The largest absolute Gasteiger partial charge is 0.508 e. The van der Waals surface area contributed by atoms with Gasteiger partial charge in [0, 0.05) is 23.7 Å². The monoisotopic (exact) mass is 367 g/mol. The third kappa shape index (κ3) is 3.30. The van der Waals surface area contributed by atoms with Crippen LogP contribution < -0.4 is 0 Å². The summed E-state index contributed by atoms with van der Waals surface area (Å²) in [5.41, 5.74) is 2.01. The topological polar surface area (TPSA) is 43.7 Å². The summed E-state index contributed by atoms with van der Waals surface area (Å²) in [4.78, 5) is 2.34. The molecule has 0 radical (unpaired) electrons. The predicted molar refractivity (Wildman–Crippen MR) is 106 cm³/mol. The zero-order chi connectivity index (χ0) is 18.1. The Hall–Kier alpha value is -2.07. The molecule has 0 saturated carbocycles. The first-order valence-electron chi connectivity index (χ1n) is 9.01. The van der Waals surface area contributed by atoms with Crippen LogP contribution in [0, 0.1) is 0 Å². The number of hydrogen-bond donors (Lipinski definition) is 2. The molecule has 3 aromatic rings.